The van der Waals surface area contributed by atoms with E-state index in [2.05, 4.69) is 36.5 Å². The van der Waals surface area contributed by atoms with Gasteiger partial charge in [0.15, 0.2) is 0 Å². The fourth-order valence-electron chi connectivity index (χ4n) is 7.96. The Hall–Kier alpha value is -2.22. The Morgan fingerprint density at radius 2 is 1.94 bits per heavy atom. The zero-order valence-electron chi connectivity index (χ0n) is 19.3. The molecule has 6 aliphatic rings. The molecule has 7 heteroatoms. The number of anilines is 1. The molecule has 2 bridgehead atoms. The number of nitrogens with zero attached hydrogens (tertiary/aromatic N) is 1. The molecule has 3 saturated carbocycles. The molecule has 2 heterocycles. The van der Waals surface area contributed by atoms with E-state index in [0.29, 0.717) is 23.6 Å². The first-order valence-electron chi connectivity index (χ1n) is 12.2. The van der Waals surface area contributed by atoms with Gasteiger partial charge in [-0.15, -0.1) is 0 Å². The van der Waals surface area contributed by atoms with Gasteiger partial charge in [-0.05, 0) is 56.7 Å². The molecule has 4 fully saturated rings. The summed E-state index contributed by atoms with van der Waals surface area (Å²) in [5.74, 6) is 0.277. The van der Waals surface area contributed by atoms with Crippen molar-refractivity contribution in [3.63, 3.8) is 0 Å². The van der Waals surface area contributed by atoms with Crippen LogP contribution in [0.5, 0.6) is 0 Å². The molecule has 1 saturated heterocycles. The van der Waals surface area contributed by atoms with Crippen LogP contribution in [-0.4, -0.2) is 34.0 Å². The van der Waals surface area contributed by atoms with Gasteiger partial charge in [-0.1, -0.05) is 32.1 Å². The van der Waals surface area contributed by atoms with Crippen LogP contribution in [0.4, 0.5) is 5.69 Å². The van der Waals surface area contributed by atoms with Gasteiger partial charge < -0.3 is 10.8 Å². The predicted octanol–water partition coefficient (Wildman–Crippen LogP) is 3.74. The lowest BCUT2D eigenvalue weighted by Crippen LogP contribution is -2.73. The largest absolute Gasteiger partial charge is 0.398 e. The minimum atomic E-state index is -0.538. The minimum Gasteiger partial charge on any atom is -0.398 e. The monoisotopic (exact) mass is 451 g/mol. The number of fused-ring (bicyclic) bond motifs is 2. The fraction of sp³-hybridized carbons (Fsp3) is 0.615. The normalized spacial score (nSPS) is 46.5. The molecular formula is C26H33N3O4. The van der Waals surface area contributed by atoms with E-state index in [1.807, 2.05) is 6.07 Å². The molecule has 7 rings (SSSR count). The molecular weight excluding hydrogens is 418 g/mol. The van der Waals surface area contributed by atoms with E-state index in [4.69, 9.17) is 15.5 Å². The van der Waals surface area contributed by atoms with Crippen LogP contribution in [0.1, 0.15) is 69.2 Å². The van der Waals surface area contributed by atoms with Crippen LogP contribution in [0.2, 0.25) is 0 Å². The van der Waals surface area contributed by atoms with Crippen LogP contribution in [0.25, 0.3) is 0 Å². The van der Waals surface area contributed by atoms with Crippen molar-refractivity contribution in [2.75, 3.05) is 5.73 Å². The van der Waals surface area contributed by atoms with Crippen molar-refractivity contribution < 1.29 is 19.7 Å². The molecule has 0 unspecified atom stereocenters. The van der Waals surface area contributed by atoms with Crippen molar-refractivity contribution in [2.24, 2.45) is 27.8 Å². The Morgan fingerprint density at radius 1 is 1.12 bits per heavy atom. The number of hydrogen-bond donors (Lipinski definition) is 3. The highest BCUT2D eigenvalue weighted by atomic mass is 17.2. The Morgan fingerprint density at radius 3 is 2.70 bits per heavy atom. The first-order chi connectivity index (χ1) is 15.7. The number of nitrogen functional groups attached to an aromatic ring is 1. The third kappa shape index (κ3) is 2.67. The van der Waals surface area contributed by atoms with Gasteiger partial charge in [0, 0.05) is 40.5 Å². The summed E-state index contributed by atoms with van der Waals surface area (Å²) in [6.45, 7) is 4.60. The molecule has 2 spiro atoms. The van der Waals surface area contributed by atoms with Gasteiger partial charge >= 0.3 is 0 Å². The second-order valence-corrected chi connectivity index (χ2v) is 11.2. The number of para-hydroxylation sites is 1. The third-order valence-corrected chi connectivity index (χ3v) is 9.86. The van der Waals surface area contributed by atoms with Gasteiger partial charge in [0.2, 0.25) is 0 Å². The summed E-state index contributed by atoms with van der Waals surface area (Å²) >= 11 is 0. The van der Waals surface area contributed by atoms with E-state index < -0.39 is 11.2 Å². The Kier molecular flexibility index (Phi) is 4.46. The maximum absolute atomic E-state index is 12.7. The third-order valence-electron chi connectivity index (χ3n) is 9.86. The number of carbonyl (C=O) groups is 1. The van der Waals surface area contributed by atoms with E-state index >= 15 is 0 Å². The summed E-state index contributed by atoms with van der Waals surface area (Å²) in [5.41, 5.74) is 9.36. The summed E-state index contributed by atoms with van der Waals surface area (Å²) in [6.07, 6.45) is 10.2. The Balaban J connectivity index is 1.31. The summed E-state index contributed by atoms with van der Waals surface area (Å²) in [7, 11) is 0. The number of amides is 1. The van der Waals surface area contributed by atoms with Crippen molar-refractivity contribution in [3.8, 4) is 0 Å². The standard InChI is InChI=1S/C26H33N3O4/c1-23-11-10-20-24(2)12-9-16(30)15-25(24)13-14-26(20,33-32-25)19(23)7-8-21(23)28-29-22(31)17-5-3-4-6-18(17)27/h3-6,13-14,16,19-20,30H,7-12,15,27H2,1-2H3,(H,29,31)/b28-21+/t16-,19+,20+,23-,24+,25+,26-/m0/s1. The van der Waals surface area contributed by atoms with E-state index in [-0.39, 0.29) is 28.8 Å². The molecule has 0 aromatic heterocycles. The highest BCUT2D eigenvalue weighted by molar-refractivity contribution is 6.00. The number of carbonyl (C=O) groups excluding carboxylic acids is 1. The predicted molar refractivity (Wildman–Crippen MR) is 124 cm³/mol. The maximum Gasteiger partial charge on any atom is 0.273 e. The number of hydrazone groups is 1. The SMILES string of the molecule is C[C@]12CC[C@H]3[C@]4(C=C[C@]5(C[C@@H](O)CC[C@]35C)OO4)[C@@H]1CC/C2=N\NC(=O)c1ccccc1N. The lowest BCUT2D eigenvalue weighted by molar-refractivity contribution is -0.496. The van der Waals surface area contributed by atoms with Crippen molar-refractivity contribution in [1.29, 1.82) is 0 Å². The Labute approximate surface area is 194 Å². The number of nitrogens with two attached hydrogens (primary N) is 1. The van der Waals surface area contributed by atoms with Crippen molar-refractivity contribution in [1.82, 2.24) is 5.43 Å². The van der Waals surface area contributed by atoms with Crippen LogP contribution < -0.4 is 11.2 Å². The number of nitrogens with one attached hydrogen (secondary N) is 1. The van der Waals surface area contributed by atoms with Crippen LogP contribution in [0, 0.1) is 22.7 Å². The van der Waals surface area contributed by atoms with Gasteiger partial charge in [0.1, 0.15) is 11.2 Å². The summed E-state index contributed by atoms with van der Waals surface area (Å²) in [5, 5.41) is 15.0. The molecule has 1 aromatic rings. The van der Waals surface area contributed by atoms with Crippen LogP contribution in [-0.2, 0) is 9.78 Å². The zero-order valence-corrected chi connectivity index (χ0v) is 19.3. The number of rotatable bonds is 2. The second-order valence-electron chi connectivity index (χ2n) is 11.2. The number of aliphatic hydroxyl groups excluding tert-OH is 1. The highest BCUT2D eigenvalue weighted by Crippen LogP contribution is 2.70. The molecule has 1 aromatic carbocycles. The second kappa shape index (κ2) is 6.90. The molecule has 0 radical (unpaired) electrons. The van der Waals surface area contributed by atoms with Gasteiger partial charge in [0.05, 0.1) is 11.7 Å². The lowest BCUT2D eigenvalue weighted by atomic mass is 9.43. The van der Waals surface area contributed by atoms with Gasteiger partial charge in [-0.25, -0.2) is 15.2 Å². The summed E-state index contributed by atoms with van der Waals surface area (Å²) < 4.78 is 0. The van der Waals surface area contributed by atoms with Crippen LogP contribution in [0.3, 0.4) is 0 Å². The maximum atomic E-state index is 12.7. The molecule has 1 amide bonds. The van der Waals surface area contributed by atoms with Crippen molar-refractivity contribution in [3.05, 3.63) is 42.0 Å². The number of benzene rings is 1. The summed E-state index contributed by atoms with van der Waals surface area (Å²) in [6, 6.07) is 7.04. The van der Waals surface area contributed by atoms with Gasteiger partial charge in [-0.2, -0.15) is 5.10 Å². The molecule has 176 valence electrons. The number of hydrogen-bond acceptors (Lipinski definition) is 6. The first kappa shape index (κ1) is 21.3. The van der Waals surface area contributed by atoms with E-state index in [1.165, 1.54) is 0 Å². The minimum absolute atomic E-state index is 0.0560. The molecule has 4 aliphatic carbocycles. The fourth-order valence-corrected chi connectivity index (χ4v) is 7.96. The molecule has 33 heavy (non-hydrogen) atoms. The lowest BCUT2D eigenvalue weighted by Gasteiger charge is -2.69. The smallest absolute Gasteiger partial charge is 0.273 e. The van der Waals surface area contributed by atoms with Crippen molar-refractivity contribution in [2.45, 2.75) is 76.1 Å². The van der Waals surface area contributed by atoms with Crippen LogP contribution >= 0.6 is 0 Å². The quantitative estimate of drug-likeness (QED) is 0.275. The molecule has 7 atom stereocenters. The van der Waals surface area contributed by atoms with Crippen molar-refractivity contribution >= 4 is 17.3 Å². The van der Waals surface area contributed by atoms with Crippen LogP contribution in [0.15, 0.2) is 41.5 Å². The van der Waals surface area contributed by atoms with E-state index in [0.717, 1.165) is 44.2 Å². The highest BCUT2D eigenvalue weighted by Gasteiger charge is 2.74. The number of aliphatic hydroxyl groups is 1. The summed E-state index contributed by atoms with van der Waals surface area (Å²) in [4.78, 5) is 25.2. The van der Waals surface area contributed by atoms with E-state index in [1.54, 1.807) is 18.2 Å². The van der Waals surface area contributed by atoms with Gasteiger partial charge in [-0.3, -0.25) is 4.79 Å². The van der Waals surface area contributed by atoms with E-state index in [9.17, 15) is 9.90 Å². The van der Waals surface area contributed by atoms with Gasteiger partial charge in [0.25, 0.3) is 5.91 Å². The topological polar surface area (TPSA) is 106 Å². The zero-order chi connectivity index (χ0) is 23.1. The average Bonchev–Trinajstić information content (AvgIpc) is 3.15. The average molecular weight is 452 g/mol. The molecule has 4 N–H and O–H groups in total. The molecule has 2 aliphatic heterocycles. The Bertz CT molecular complexity index is 1070. The first-order valence-corrected chi connectivity index (χ1v) is 12.2. The molecule has 7 nitrogen and oxygen atoms in total.